The number of hydrogen-bond donors (Lipinski definition) is 1. The van der Waals surface area contributed by atoms with E-state index in [2.05, 4.69) is 32.7 Å². The molecule has 0 aliphatic carbocycles. The lowest BCUT2D eigenvalue weighted by Gasteiger charge is -2.61. The molecule has 0 saturated carbocycles. The number of hydrogen-bond acceptors (Lipinski definition) is 4. The summed E-state index contributed by atoms with van der Waals surface area (Å²) in [5.74, 6) is -0.0379. The SMILES string of the molecule is C=CCC1CNCCN1C1CCC[N]C1(N1CCCC1)N1CCC1. The Balaban J connectivity index is 1.65. The zero-order valence-corrected chi connectivity index (χ0v) is 15.1. The predicted molar refractivity (Wildman–Crippen MR) is 97.9 cm³/mol. The van der Waals surface area contributed by atoms with E-state index in [4.69, 9.17) is 5.32 Å². The van der Waals surface area contributed by atoms with Crippen molar-refractivity contribution in [2.75, 3.05) is 52.4 Å². The molecule has 24 heavy (non-hydrogen) atoms. The monoisotopic (exact) mass is 332 g/mol. The Kier molecular flexibility index (Phi) is 5.25. The third-order valence-electron chi connectivity index (χ3n) is 6.56. The number of piperazine rings is 1. The number of nitrogens with zero attached hydrogens (tertiary/aromatic N) is 4. The summed E-state index contributed by atoms with van der Waals surface area (Å²) in [6, 6.07) is 1.13. The molecule has 4 aliphatic heterocycles. The highest BCUT2D eigenvalue weighted by Crippen LogP contribution is 2.39. The molecule has 3 atom stereocenters. The molecule has 0 amide bonds. The fourth-order valence-electron chi connectivity index (χ4n) is 5.33. The maximum absolute atomic E-state index is 5.38. The number of piperidine rings is 1. The normalized spacial score (nSPS) is 39.7. The van der Waals surface area contributed by atoms with Crippen LogP contribution in [0.3, 0.4) is 0 Å². The standard InChI is InChI=1S/C19H34N5/c1-2-7-17-16-20-10-15-24(17)18-8-5-9-21-19(18,23-13-6-14-23)22-11-3-4-12-22/h2,17-18,20H,1,3-16H2. The van der Waals surface area contributed by atoms with Crippen LogP contribution in [0.25, 0.3) is 0 Å². The van der Waals surface area contributed by atoms with Crippen molar-refractivity contribution in [2.24, 2.45) is 0 Å². The maximum atomic E-state index is 5.38. The predicted octanol–water partition coefficient (Wildman–Crippen LogP) is 1.06. The molecular weight excluding hydrogens is 298 g/mol. The summed E-state index contributed by atoms with van der Waals surface area (Å²) in [4.78, 5) is 8.25. The highest BCUT2D eigenvalue weighted by molar-refractivity contribution is 5.06. The second-order valence-electron chi connectivity index (χ2n) is 7.88. The summed E-state index contributed by atoms with van der Waals surface area (Å²) >= 11 is 0. The minimum absolute atomic E-state index is 0.0379. The molecule has 0 aromatic carbocycles. The molecule has 4 saturated heterocycles. The van der Waals surface area contributed by atoms with Gasteiger partial charge in [-0.2, -0.15) is 0 Å². The van der Waals surface area contributed by atoms with Gasteiger partial charge in [-0.3, -0.25) is 14.7 Å². The van der Waals surface area contributed by atoms with Gasteiger partial charge in [-0.1, -0.05) is 6.08 Å². The lowest BCUT2D eigenvalue weighted by atomic mass is 9.89. The van der Waals surface area contributed by atoms with Crippen molar-refractivity contribution < 1.29 is 0 Å². The minimum Gasteiger partial charge on any atom is -0.314 e. The molecular formula is C19H34N5. The summed E-state index contributed by atoms with van der Waals surface area (Å²) in [5.41, 5.74) is 0. The first kappa shape index (κ1) is 17.0. The van der Waals surface area contributed by atoms with Gasteiger partial charge in [0.1, 0.15) is 0 Å². The van der Waals surface area contributed by atoms with Gasteiger partial charge in [0.15, 0.2) is 5.79 Å². The highest BCUT2D eigenvalue weighted by atomic mass is 15.6. The van der Waals surface area contributed by atoms with E-state index < -0.39 is 0 Å². The Bertz CT molecular complexity index is 431. The molecule has 0 spiro atoms. The van der Waals surface area contributed by atoms with Crippen molar-refractivity contribution in [3.05, 3.63) is 12.7 Å². The number of nitrogens with one attached hydrogen (secondary N) is 1. The van der Waals surface area contributed by atoms with E-state index in [0.29, 0.717) is 12.1 Å². The molecule has 0 aromatic heterocycles. The Morgan fingerprint density at radius 1 is 1.04 bits per heavy atom. The van der Waals surface area contributed by atoms with E-state index in [9.17, 15) is 0 Å². The van der Waals surface area contributed by atoms with Crippen LogP contribution in [-0.2, 0) is 0 Å². The quantitative estimate of drug-likeness (QED) is 0.764. The average molecular weight is 333 g/mol. The van der Waals surface area contributed by atoms with Crippen molar-refractivity contribution in [1.29, 1.82) is 0 Å². The average Bonchev–Trinajstić information content (AvgIpc) is 3.10. The van der Waals surface area contributed by atoms with Crippen LogP contribution in [0.1, 0.15) is 38.5 Å². The molecule has 3 unspecified atom stereocenters. The number of likely N-dealkylation sites (tertiary alicyclic amines) is 2. The zero-order valence-electron chi connectivity index (χ0n) is 15.1. The van der Waals surface area contributed by atoms with Crippen molar-refractivity contribution in [3.63, 3.8) is 0 Å². The van der Waals surface area contributed by atoms with Crippen LogP contribution >= 0.6 is 0 Å². The third kappa shape index (κ3) is 2.84. The Morgan fingerprint density at radius 2 is 1.79 bits per heavy atom. The van der Waals surface area contributed by atoms with E-state index >= 15 is 0 Å². The minimum atomic E-state index is -0.0379. The van der Waals surface area contributed by atoms with Crippen LogP contribution in [0.5, 0.6) is 0 Å². The first-order valence-corrected chi connectivity index (χ1v) is 10.1. The molecule has 5 heteroatoms. The Labute approximate surface area is 147 Å². The molecule has 4 fully saturated rings. The molecule has 4 rings (SSSR count). The van der Waals surface area contributed by atoms with Gasteiger partial charge in [-0.05, 0) is 38.5 Å². The maximum Gasteiger partial charge on any atom is 0.160 e. The van der Waals surface area contributed by atoms with Gasteiger partial charge in [0.25, 0.3) is 0 Å². The van der Waals surface area contributed by atoms with Gasteiger partial charge in [0, 0.05) is 58.4 Å². The Hall–Kier alpha value is -0.460. The second kappa shape index (κ2) is 7.42. The molecule has 1 N–H and O–H groups in total. The highest BCUT2D eigenvalue weighted by Gasteiger charge is 2.55. The van der Waals surface area contributed by atoms with E-state index in [0.717, 1.165) is 32.6 Å². The number of rotatable bonds is 5. The van der Waals surface area contributed by atoms with E-state index in [-0.39, 0.29) is 5.79 Å². The lowest BCUT2D eigenvalue weighted by Crippen LogP contribution is -2.79. The topological polar surface area (TPSA) is 35.9 Å². The van der Waals surface area contributed by atoms with Gasteiger partial charge in [0.05, 0.1) is 6.04 Å². The van der Waals surface area contributed by atoms with E-state index in [1.807, 2.05) is 0 Å². The zero-order chi connectivity index (χ0) is 16.4. The summed E-state index contributed by atoms with van der Waals surface area (Å²) < 4.78 is 0. The molecule has 4 heterocycles. The van der Waals surface area contributed by atoms with Crippen molar-refractivity contribution >= 4 is 0 Å². The van der Waals surface area contributed by atoms with Gasteiger partial charge in [-0.25, -0.2) is 5.32 Å². The molecule has 135 valence electrons. The Morgan fingerprint density at radius 3 is 2.46 bits per heavy atom. The van der Waals surface area contributed by atoms with E-state index in [1.165, 1.54) is 58.3 Å². The van der Waals surface area contributed by atoms with Crippen LogP contribution in [-0.4, -0.2) is 84.9 Å². The molecule has 5 nitrogen and oxygen atoms in total. The smallest absolute Gasteiger partial charge is 0.160 e. The van der Waals surface area contributed by atoms with Crippen LogP contribution in [0, 0.1) is 0 Å². The van der Waals surface area contributed by atoms with Gasteiger partial charge < -0.3 is 5.32 Å². The van der Waals surface area contributed by atoms with Crippen LogP contribution < -0.4 is 10.6 Å². The molecule has 1 radical (unpaired) electrons. The lowest BCUT2D eigenvalue weighted by molar-refractivity contribution is -0.176. The molecule has 0 aromatic rings. The summed E-state index contributed by atoms with van der Waals surface area (Å²) in [6.45, 7) is 13.3. The van der Waals surface area contributed by atoms with Crippen LogP contribution in [0.4, 0.5) is 0 Å². The molecule has 0 bridgehead atoms. The summed E-state index contributed by atoms with van der Waals surface area (Å²) in [7, 11) is 0. The van der Waals surface area contributed by atoms with Crippen molar-refractivity contribution in [3.8, 4) is 0 Å². The van der Waals surface area contributed by atoms with Crippen LogP contribution in [0.2, 0.25) is 0 Å². The molecule has 4 aliphatic rings. The fourth-order valence-corrected chi connectivity index (χ4v) is 5.33. The van der Waals surface area contributed by atoms with Gasteiger partial charge in [0.2, 0.25) is 0 Å². The first-order chi connectivity index (χ1) is 11.9. The third-order valence-corrected chi connectivity index (χ3v) is 6.56. The van der Waals surface area contributed by atoms with Crippen LogP contribution in [0.15, 0.2) is 12.7 Å². The van der Waals surface area contributed by atoms with Gasteiger partial charge in [-0.15, -0.1) is 6.58 Å². The largest absolute Gasteiger partial charge is 0.314 e. The van der Waals surface area contributed by atoms with Gasteiger partial charge >= 0.3 is 0 Å². The first-order valence-electron chi connectivity index (χ1n) is 10.1. The van der Waals surface area contributed by atoms with E-state index in [1.54, 1.807) is 0 Å². The fraction of sp³-hybridized carbons (Fsp3) is 0.895. The summed E-state index contributed by atoms with van der Waals surface area (Å²) in [6.07, 6.45) is 9.76. The van der Waals surface area contributed by atoms with Crippen molar-refractivity contribution in [1.82, 2.24) is 25.3 Å². The summed E-state index contributed by atoms with van der Waals surface area (Å²) in [5, 5.41) is 8.98. The van der Waals surface area contributed by atoms with Crippen molar-refractivity contribution in [2.45, 2.75) is 56.4 Å². The second-order valence-corrected chi connectivity index (χ2v) is 7.88.